The van der Waals surface area contributed by atoms with Crippen molar-refractivity contribution in [2.24, 2.45) is 17.6 Å². The van der Waals surface area contributed by atoms with Crippen LogP contribution in [0.5, 0.6) is 0 Å². The Labute approximate surface area is 118 Å². The fourth-order valence-corrected chi connectivity index (χ4v) is 3.21. The molecule has 2 rings (SSSR count). The molecule has 0 spiro atoms. The third-order valence-corrected chi connectivity index (χ3v) is 4.49. The normalized spacial score (nSPS) is 27.7. The van der Waals surface area contributed by atoms with Gasteiger partial charge in [0.2, 0.25) is 0 Å². The van der Waals surface area contributed by atoms with E-state index in [0.29, 0.717) is 12.0 Å². The summed E-state index contributed by atoms with van der Waals surface area (Å²) in [6, 6.07) is 11.2. The molecule has 2 N–H and O–H groups in total. The summed E-state index contributed by atoms with van der Waals surface area (Å²) in [5.41, 5.74) is 7.72. The van der Waals surface area contributed by atoms with Gasteiger partial charge in [0, 0.05) is 19.1 Å². The van der Waals surface area contributed by atoms with E-state index in [2.05, 4.69) is 49.1 Å². The second kappa shape index (κ2) is 7.06. The lowest BCUT2D eigenvalue weighted by atomic mass is 9.79. The van der Waals surface area contributed by atoms with Gasteiger partial charge >= 0.3 is 0 Å². The molecule has 19 heavy (non-hydrogen) atoms. The van der Waals surface area contributed by atoms with Gasteiger partial charge in [-0.05, 0) is 43.2 Å². The first-order valence-electron chi connectivity index (χ1n) is 7.71. The predicted molar refractivity (Wildman–Crippen MR) is 81.9 cm³/mol. The number of hydrogen-bond acceptors (Lipinski definition) is 2. The van der Waals surface area contributed by atoms with Crippen LogP contribution in [0, 0.1) is 11.8 Å². The quantitative estimate of drug-likeness (QED) is 0.880. The Morgan fingerprint density at radius 1 is 1.21 bits per heavy atom. The van der Waals surface area contributed by atoms with Crippen molar-refractivity contribution in [2.75, 3.05) is 13.1 Å². The zero-order valence-corrected chi connectivity index (χ0v) is 12.4. The van der Waals surface area contributed by atoms with Crippen molar-refractivity contribution in [3.05, 3.63) is 35.9 Å². The Balaban J connectivity index is 1.91. The van der Waals surface area contributed by atoms with Crippen molar-refractivity contribution in [2.45, 2.75) is 45.7 Å². The van der Waals surface area contributed by atoms with E-state index in [0.717, 1.165) is 25.6 Å². The zero-order chi connectivity index (χ0) is 13.7. The lowest BCUT2D eigenvalue weighted by Crippen LogP contribution is -2.42. The van der Waals surface area contributed by atoms with Crippen LogP contribution in [0.1, 0.15) is 38.7 Å². The maximum absolute atomic E-state index is 6.31. The highest BCUT2D eigenvalue weighted by Gasteiger charge is 2.27. The second-order valence-corrected chi connectivity index (χ2v) is 6.16. The summed E-state index contributed by atoms with van der Waals surface area (Å²) in [5, 5.41) is 0. The van der Waals surface area contributed by atoms with Crippen LogP contribution in [0.4, 0.5) is 0 Å². The summed E-state index contributed by atoms with van der Waals surface area (Å²) >= 11 is 0. The van der Waals surface area contributed by atoms with Gasteiger partial charge in [-0.1, -0.05) is 44.2 Å². The smallest absolute Gasteiger partial charge is 0.0233 e. The summed E-state index contributed by atoms with van der Waals surface area (Å²) < 4.78 is 0. The first-order chi connectivity index (χ1) is 9.19. The highest BCUT2D eigenvalue weighted by Crippen LogP contribution is 2.28. The molecule has 106 valence electrons. The van der Waals surface area contributed by atoms with Crippen molar-refractivity contribution in [3.8, 4) is 0 Å². The van der Waals surface area contributed by atoms with Gasteiger partial charge in [0.05, 0.1) is 0 Å². The van der Waals surface area contributed by atoms with E-state index in [9.17, 15) is 0 Å². The first kappa shape index (κ1) is 14.5. The molecule has 0 heterocycles. The van der Waals surface area contributed by atoms with Crippen LogP contribution in [-0.2, 0) is 6.54 Å². The van der Waals surface area contributed by atoms with Crippen LogP contribution in [0.15, 0.2) is 30.3 Å². The van der Waals surface area contributed by atoms with Crippen molar-refractivity contribution in [3.63, 3.8) is 0 Å². The van der Waals surface area contributed by atoms with E-state index in [1.165, 1.54) is 24.8 Å². The van der Waals surface area contributed by atoms with E-state index in [-0.39, 0.29) is 0 Å². The molecule has 0 aromatic heterocycles. The Hall–Kier alpha value is -0.860. The third-order valence-electron chi connectivity index (χ3n) is 4.49. The van der Waals surface area contributed by atoms with Gasteiger partial charge in [-0.2, -0.15) is 0 Å². The Bertz CT molecular complexity index is 363. The summed E-state index contributed by atoms with van der Waals surface area (Å²) in [6.07, 6.45) is 3.81. The highest BCUT2D eigenvalue weighted by molar-refractivity contribution is 5.14. The minimum Gasteiger partial charge on any atom is -0.327 e. The average molecular weight is 260 g/mol. The van der Waals surface area contributed by atoms with E-state index in [1.807, 2.05) is 0 Å². The van der Waals surface area contributed by atoms with Gasteiger partial charge in [-0.15, -0.1) is 0 Å². The fourth-order valence-electron chi connectivity index (χ4n) is 3.21. The van der Waals surface area contributed by atoms with Crippen LogP contribution in [0.3, 0.4) is 0 Å². The Morgan fingerprint density at radius 2 is 1.95 bits per heavy atom. The number of nitrogens with zero attached hydrogens (tertiary/aromatic N) is 1. The first-order valence-corrected chi connectivity index (χ1v) is 7.71. The van der Waals surface area contributed by atoms with Crippen LogP contribution in [0.25, 0.3) is 0 Å². The summed E-state index contributed by atoms with van der Waals surface area (Å²) in [6.45, 7) is 7.92. The number of nitrogens with two attached hydrogens (primary N) is 1. The molecular weight excluding hydrogens is 232 g/mol. The molecule has 1 fully saturated rings. The molecule has 1 aromatic rings. The van der Waals surface area contributed by atoms with E-state index in [4.69, 9.17) is 5.73 Å². The van der Waals surface area contributed by atoms with Gasteiger partial charge in [-0.3, -0.25) is 4.90 Å². The van der Waals surface area contributed by atoms with Crippen LogP contribution >= 0.6 is 0 Å². The monoisotopic (exact) mass is 260 g/mol. The largest absolute Gasteiger partial charge is 0.327 e. The molecule has 2 heteroatoms. The molecule has 0 amide bonds. The molecule has 0 radical (unpaired) electrons. The van der Waals surface area contributed by atoms with E-state index < -0.39 is 0 Å². The molecule has 0 saturated heterocycles. The Morgan fingerprint density at radius 3 is 2.63 bits per heavy atom. The lowest BCUT2D eigenvalue weighted by Gasteiger charge is -2.36. The van der Waals surface area contributed by atoms with Crippen molar-refractivity contribution in [1.29, 1.82) is 0 Å². The SMILES string of the molecule is CCN(Cc1ccccc1)CC1CC(C)CCC1N. The van der Waals surface area contributed by atoms with E-state index >= 15 is 0 Å². The molecule has 1 saturated carbocycles. The molecule has 2 nitrogen and oxygen atoms in total. The average Bonchev–Trinajstić information content (AvgIpc) is 2.43. The molecule has 0 aliphatic heterocycles. The van der Waals surface area contributed by atoms with E-state index in [1.54, 1.807) is 0 Å². The van der Waals surface area contributed by atoms with Crippen LogP contribution < -0.4 is 5.73 Å². The van der Waals surface area contributed by atoms with Gasteiger partial charge in [0.1, 0.15) is 0 Å². The molecular formula is C17H28N2. The van der Waals surface area contributed by atoms with Crippen molar-refractivity contribution >= 4 is 0 Å². The molecule has 1 aliphatic carbocycles. The van der Waals surface area contributed by atoms with Crippen LogP contribution in [0.2, 0.25) is 0 Å². The number of hydrogen-bond donors (Lipinski definition) is 1. The summed E-state index contributed by atoms with van der Waals surface area (Å²) in [7, 11) is 0. The topological polar surface area (TPSA) is 29.3 Å². The summed E-state index contributed by atoms with van der Waals surface area (Å²) in [4.78, 5) is 2.54. The number of rotatable bonds is 5. The predicted octanol–water partition coefficient (Wildman–Crippen LogP) is 3.27. The van der Waals surface area contributed by atoms with Gasteiger partial charge < -0.3 is 5.73 Å². The molecule has 3 atom stereocenters. The minimum absolute atomic E-state index is 0.404. The maximum atomic E-state index is 6.31. The minimum atomic E-state index is 0.404. The summed E-state index contributed by atoms with van der Waals surface area (Å²) in [5.74, 6) is 1.52. The van der Waals surface area contributed by atoms with Crippen molar-refractivity contribution < 1.29 is 0 Å². The lowest BCUT2D eigenvalue weighted by molar-refractivity contribution is 0.161. The zero-order valence-electron chi connectivity index (χ0n) is 12.4. The third kappa shape index (κ3) is 4.32. The highest BCUT2D eigenvalue weighted by atomic mass is 15.1. The molecule has 1 aliphatic rings. The van der Waals surface area contributed by atoms with Gasteiger partial charge in [0.15, 0.2) is 0 Å². The fraction of sp³-hybridized carbons (Fsp3) is 0.647. The van der Waals surface area contributed by atoms with Crippen molar-refractivity contribution in [1.82, 2.24) is 4.90 Å². The number of benzene rings is 1. The molecule has 1 aromatic carbocycles. The standard InChI is InChI=1S/C17H28N2/c1-3-19(12-15-7-5-4-6-8-15)13-16-11-14(2)9-10-17(16)18/h4-8,14,16-17H,3,9-13,18H2,1-2H3. The Kier molecular flexibility index (Phi) is 5.41. The van der Waals surface area contributed by atoms with Gasteiger partial charge in [-0.25, -0.2) is 0 Å². The van der Waals surface area contributed by atoms with Crippen LogP contribution in [-0.4, -0.2) is 24.0 Å². The maximum Gasteiger partial charge on any atom is 0.0233 e. The molecule has 3 unspecified atom stereocenters. The second-order valence-electron chi connectivity index (χ2n) is 6.16. The van der Waals surface area contributed by atoms with Gasteiger partial charge in [0.25, 0.3) is 0 Å². The molecule has 0 bridgehead atoms.